The Hall–Kier alpha value is -1.81. The van der Waals surface area contributed by atoms with Crippen LogP contribution in [0.15, 0.2) is 46.9 Å². The first-order valence-electron chi connectivity index (χ1n) is 7.42. The third-order valence-electron chi connectivity index (χ3n) is 3.67. The van der Waals surface area contributed by atoms with Crippen LogP contribution < -0.4 is 9.64 Å². The molecule has 0 radical (unpaired) electrons. The molecular formula is C18H18BrNO2. The fourth-order valence-corrected chi connectivity index (χ4v) is 3.16. The standard InChI is InChI=1S/C18H18BrNO2/c1-12(2)22-17-8-7-14(11-15(17)19)18(21)20-10-9-13-5-3-4-6-16(13)20/h3-8,11-12H,9-10H2,1-2H3. The number of rotatable bonds is 3. The molecule has 1 aliphatic rings. The molecule has 1 heterocycles. The lowest BCUT2D eigenvalue weighted by Crippen LogP contribution is -2.28. The predicted octanol–water partition coefficient (Wildman–Crippen LogP) is 4.44. The van der Waals surface area contributed by atoms with E-state index in [4.69, 9.17) is 4.74 Å². The highest BCUT2D eigenvalue weighted by molar-refractivity contribution is 9.10. The van der Waals surface area contributed by atoms with Gasteiger partial charge in [-0.1, -0.05) is 18.2 Å². The second-order valence-corrected chi connectivity index (χ2v) is 6.50. The van der Waals surface area contributed by atoms with Crippen molar-refractivity contribution in [1.29, 1.82) is 0 Å². The molecule has 0 N–H and O–H groups in total. The summed E-state index contributed by atoms with van der Waals surface area (Å²) in [5.74, 6) is 0.787. The van der Waals surface area contributed by atoms with Gasteiger partial charge in [0.1, 0.15) is 5.75 Å². The molecule has 2 aromatic rings. The average molecular weight is 360 g/mol. The molecule has 0 aliphatic carbocycles. The van der Waals surface area contributed by atoms with Crippen molar-refractivity contribution in [2.24, 2.45) is 0 Å². The first-order chi connectivity index (χ1) is 10.6. The lowest BCUT2D eigenvalue weighted by molar-refractivity contribution is 0.0989. The third kappa shape index (κ3) is 2.88. The maximum Gasteiger partial charge on any atom is 0.258 e. The summed E-state index contributed by atoms with van der Waals surface area (Å²) in [6.45, 7) is 4.69. The number of hydrogen-bond acceptors (Lipinski definition) is 2. The number of amides is 1. The zero-order valence-electron chi connectivity index (χ0n) is 12.7. The fourth-order valence-electron chi connectivity index (χ4n) is 2.69. The van der Waals surface area contributed by atoms with Crippen molar-refractivity contribution < 1.29 is 9.53 Å². The Morgan fingerprint density at radius 1 is 1.23 bits per heavy atom. The molecule has 0 aromatic heterocycles. The first kappa shape index (κ1) is 15.1. The Bertz CT molecular complexity index is 712. The molecule has 22 heavy (non-hydrogen) atoms. The molecular weight excluding hydrogens is 342 g/mol. The summed E-state index contributed by atoms with van der Waals surface area (Å²) in [6, 6.07) is 13.6. The van der Waals surface area contributed by atoms with Crippen LogP contribution in [0.25, 0.3) is 0 Å². The van der Waals surface area contributed by atoms with E-state index >= 15 is 0 Å². The van der Waals surface area contributed by atoms with E-state index in [1.807, 2.05) is 55.1 Å². The third-order valence-corrected chi connectivity index (χ3v) is 4.29. The van der Waals surface area contributed by atoms with E-state index < -0.39 is 0 Å². The monoisotopic (exact) mass is 359 g/mol. The van der Waals surface area contributed by atoms with Crippen LogP contribution in [0.1, 0.15) is 29.8 Å². The molecule has 3 nitrogen and oxygen atoms in total. The quantitative estimate of drug-likeness (QED) is 0.810. The molecule has 0 saturated heterocycles. The first-order valence-corrected chi connectivity index (χ1v) is 8.21. The number of hydrogen-bond donors (Lipinski definition) is 0. The van der Waals surface area contributed by atoms with Gasteiger partial charge in [0.15, 0.2) is 0 Å². The van der Waals surface area contributed by atoms with E-state index in [1.165, 1.54) is 5.56 Å². The molecule has 114 valence electrons. The van der Waals surface area contributed by atoms with Gasteiger partial charge >= 0.3 is 0 Å². The highest BCUT2D eigenvalue weighted by atomic mass is 79.9. The van der Waals surface area contributed by atoms with E-state index in [9.17, 15) is 4.79 Å². The number of nitrogens with zero attached hydrogens (tertiary/aromatic N) is 1. The van der Waals surface area contributed by atoms with Crippen molar-refractivity contribution in [3.8, 4) is 5.75 Å². The lowest BCUT2D eigenvalue weighted by Gasteiger charge is -2.18. The van der Waals surface area contributed by atoms with Crippen molar-refractivity contribution in [3.63, 3.8) is 0 Å². The van der Waals surface area contributed by atoms with Gasteiger partial charge in [-0.05, 0) is 66.0 Å². The van der Waals surface area contributed by atoms with Gasteiger partial charge < -0.3 is 9.64 Å². The zero-order valence-corrected chi connectivity index (χ0v) is 14.3. The van der Waals surface area contributed by atoms with Crippen molar-refractivity contribution in [3.05, 3.63) is 58.1 Å². The van der Waals surface area contributed by atoms with Crippen molar-refractivity contribution >= 4 is 27.5 Å². The average Bonchev–Trinajstić information content (AvgIpc) is 2.92. The number of carbonyl (C=O) groups is 1. The van der Waals surface area contributed by atoms with Gasteiger partial charge in [0.25, 0.3) is 5.91 Å². The maximum atomic E-state index is 12.8. The lowest BCUT2D eigenvalue weighted by atomic mass is 10.1. The second-order valence-electron chi connectivity index (χ2n) is 5.65. The van der Waals surface area contributed by atoms with Crippen LogP contribution in [0.5, 0.6) is 5.75 Å². The zero-order chi connectivity index (χ0) is 15.7. The van der Waals surface area contributed by atoms with Crippen LogP contribution in [0.3, 0.4) is 0 Å². The summed E-state index contributed by atoms with van der Waals surface area (Å²) in [7, 11) is 0. The molecule has 2 aromatic carbocycles. The Kier molecular flexibility index (Phi) is 4.21. The van der Waals surface area contributed by atoms with Gasteiger partial charge in [0.05, 0.1) is 10.6 Å². The van der Waals surface area contributed by atoms with Gasteiger partial charge in [-0.2, -0.15) is 0 Å². The van der Waals surface area contributed by atoms with Crippen LogP contribution in [-0.4, -0.2) is 18.6 Å². The molecule has 4 heteroatoms. The molecule has 1 amide bonds. The highest BCUT2D eigenvalue weighted by Crippen LogP contribution is 2.31. The summed E-state index contributed by atoms with van der Waals surface area (Å²) in [6.07, 6.45) is 1.01. The minimum atomic E-state index is 0.0294. The minimum absolute atomic E-state index is 0.0294. The Balaban J connectivity index is 1.86. The minimum Gasteiger partial charge on any atom is -0.490 e. The molecule has 0 saturated carbocycles. The normalized spacial score (nSPS) is 13.4. The summed E-state index contributed by atoms with van der Waals surface area (Å²) >= 11 is 3.49. The molecule has 0 unspecified atom stereocenters. The van der Waals surface area contributed by atoms with E-state index in [-0.39, 0.29) is 12.0 Å². The fraction of sp³-hybridized carbons (Fsp3) is 0.278. The SMILES string of the molecule is CC(C)Oc1ccc(C(=O)N2CCc3ccccc32)cc1Br. The number of anilines is 1. The summed E-state index contributed by atoms with van der Waals surface area (Å²) in [5.41, 5.74) is 2.92. The van der Waals surface area contributed by atoms with Gasteiger partial charge in [-0.15, -0.1) is 0 Å². The predicted molar refractivity (Wildman–Crippen MR) is 91.7 cm³/mol. The smallest absolute Gasteiger partial charge is 0.258 e. The van der Waals surface area contributed by atoms with Crippen molar-refractivity contribution in [1.82, 2.24) is 0 Å². The molecule has 0 spiro atoms. The highest BCUT2D eigenvalue weighted by Gasteiger charge is 2.25. The largest absolute Gasteiger partial charge is 0.490 e. The molecule has 3 rings (SSSR count). The Morgan fingerprint density at radius 2 is 2.00 bits per heavy atom. The van der Waals surface area contributed by atoms with Gasteiger partial charge in [-0.3, -0.25) is 4.79 Å². The summed E-state index contributed by atoms with van der Waals surface area (Å²) in [4.78, 5) is 14.6. The van der Waals surface area contributed by atoms with Crippen molar-refractivity contribution in [2.45, 2.75) is 26.4 Å². The van der Waals surface area contributed by atoms with Gasteiger partial charge in [-0.25, -0.2) is 0 Å². The van der Waals surface area contributed by atoms with Gasteiger partial charge in [0, 0.05) is 17.8 Å². The number of ether oxygens (including phenoxy) is 1. The van der Waals surface area contributed by atoms with Gasteiger partial charge in [0.2, 0.25) is 0 Å². The summed E-state index contributed by atoms with van der Waals surface area (Å²) < 4.78 is 6.49. The number of carbonyl (C=O) groups excluding carboxylic acids is 1. The molecule has 0 atom stereocenters. The van der Waals surface area contributed by atoms with Crippen LogP contribution in [0.4, 0.5) is 5.69 Å². The van der Waals surface area contributed by atoms with E-state index in [0.717, 1.165) is 28.9 Å². The number of para-hydroxylation sites is 1. The van der Waals surface area contributed by atoms with E-state index in [0.29, 0.717) is 5.56 Å². The summed E-state index contributed by atoms with van der Waals surface area (Å²) in [5, 5.41) is 0. The molecule has 0 bridgehead atoms. The number of fused-ring (bicyclic) bond motifs is 1. The van der Waals surface area contributed by atoms with E-state index in [2.05, 4.69) is 22.0 Å². The Labute approximate surface area is 139 Å². The molecule has 0 fully saturated rings. The van der Waals surface area contributed by atoms with Crippen molar-refractivity contribution in [2.75, 3.05) is 11.4 Å². The maximum absolute atomic E-state index is 12.8. The topological polar surface area (TPSA) is 29.5 Å². The number of halogens is 1. The second kappa shape index (κ2) is 6.13. The van der Waals surface area contributed by atoms with E-state index in [1.54, 1.807) is 0 Å². The van der Waals surface area contributed by atoms with Crippen LogP contribution in [0.2, 0.25) is 0 Å². The molecule has 1 aliphatic heterocycles. The van der Waals surface area contributed by atoms with Crippen LogP contribution >= 0.6 is 15.9 Å². The van der Waals surface area contributed by atoms with Crippen LogP contribution in [-0.2, 0) is 6.42 Å². The number of benzene rings is 2. The van der Waals surface area contributed by atoms with Crippen LogP contribution in [0, 0.1) is 0 Å². The Morgan fingerprint density at radius 3 is 2.73 bits per heavy atom.